The molecule has 0 amide bonds. The number of nitrogens with zero attached hydrogens (tertiary/aromatic N) is 3. The maximum absolute atomic E-state index is 5.21. The van der Waals surface area contributed by atoms with E-state index in [9.17, 15) is 0 Å². The Hall–Kier alpha value is -2.14. The van der Waals surface area contributed by atoms with Gasteiger partial charge < -0.3 is 5.32 Å². The van der Waals surface area contributed by atoms with E-state index in [2.05, 4.69) is 20.3 Å². The Kier molecular flexibility index (Phi) is 5.32. The van der Waals surface area contributed by atoms with Gasteiger partial charge in [0.15, 0.2) is 0 Å². The van der Waals surface area contributed by atoms with Crippen LogP contribution < -0.4 is 5.32 Å². The molecule has 4 nitrogen and oxygen atoms in total. The summed E-state index contributed by atoms with van der Waals surface area (Å²) in [6.45, 7) is 3.25. The Morgan fingerprint density at radius 1 is 1.10 bits per heavy atom. The Labute approximate surface area is 124 Å². The minimum absolute atomic E-state index is 0.436. The number of rotatable bonds is 5. The van der Waals surface area contributed by atoms with Gasteiger partial charge in [0.25, 0.3) is 0 Å². The molecule has 20 heavy (non-hydrogen) atoms. The number of nitrogens with one attached hydrogen (secondary N) is 1. The molecule has 2 aromatic rings. The monoisotopic (exact) mass is 284 g/mol. The summed E-state index contributed by atoms with van der Waals surface area (Å²) in [6.07, 6.45) is 3.49. The number of hydrogen-bond acceptors (Lipinski definition) is 4. The lowest BCUT2D eigenvalue weighted by Crippen LogP contribution is -2.24. The molecular formula is C15H16N4S. The van der Waals surface area contributed by atoms with Crippen LogP contribution in [0.1, 0.15) is 18.3 Å². The molecule has 0 aromatic carbocycles. The van der Waals surface area contributed by atoms with Gasteiger partial charge in [0.2, 0.25) is 0 Å². The van der Waals surface area contributed by atoms with Gasteiger partial charge in [0, 0.05) is 18.9 Å². The van der Waals surface area contributed by atoms with Crippen molar-refractivity contribution in [2.75, 3.05) is 13.1 Å². The molecule has 1 N–H and O–H groups in total. The lowest BCUT2D eigenvalue weighted by Gasteiger charge is -2.07. The molecule has 0 saturated carbocycles. The number of aliphatic imine (C=N–C) groups is 1. The highest BCUT2D eigenvalue weighted by atomic mass is 32.1. The molecule has 0 aliphatic heterocycles. The molecule has 0 atom stereocenters. The van der Waals surface area contributed by atoms with E-state index in [0.717, 1.165) is 28.6 Å². The molecule has 2 rings (SSSR count). The van der Waals surface area contributed by atoms with Crippen molar-refractivity contribution in [2.45, 2.75) is 6.92 Å². The van der Waals surface area contributed by atoms with Gasteiger partial charge in [-0.3, -0.25) is 15.0 Å². The number of aromatic nitrogens is 2. The quantitative estimate of drug-likeness (QED) is 0.676. The largest absolute Gasteiger partial charge is 0.378 e. The summed E-state index contributed by atoms with van der Waals surface area (Å²) >= 11 is 5.21. The summed E-state index contributed by atoms with van der Waals surface area (Å²) in [4.78, 5) is 14.0. The van der Waals surface area contributed by atoms with Crippen LogP contribution in [-0.4, -0.2) is 33.8 Å². The topological polar surface area (TPSA) is 50.2 Å². The van der Waals surface area contributed by atoms with Gasteiger partial charge >= 0.3 is 0 Å². The summed E-state index contributed by atoms with van der Waals surface area (Å²) in [5.74, 6) is 0. The van der Waals surface area contributed by atoms with Crippen LogP contribution >= 0.6 is 12.2 Å². The second-order valence-electron chi connectivity index (χ2n) is 4.05. The SMILES string of the molecule is CCNC(=S)CN=C(c1ccccn1)c1ccccn1. The first-order valence-electron chi connectivity index (χ1n) is 6.45. The molecule has 0 aliphatic rings. The minimum Gasteiger partial charge on any atom is -0.378 e. The van der Waals surface area contributed by atoms with Crippen LogP contribution in [0.15, 0.2) is 53.8 Å². The first kappa shape index (κ1) is 14.3. The smallest absolute Gasteiger partial charge is 0.109 e. The number of likely N-dealkylation sites (N-methyl/N-ethyl adjacent to an activating group) is 1. The molecule has 0 bridgehead atoms. The molecule has 0 spiro atoms. The molecule has 0 radical (unpaired) electrons. The number of hydrogen-bond donors (Lipinski definition) is 1. The van der Waals surface area contributed by atoms with E-state index in [1.807, 2.05) is 43.3 Å². The van der Waals surface area contributed by atoms with Gasteiger partial charge in [-0.1, -0.05) is 24.4 Å². The van der Waals surface area contributed by atoms with Crippen LogP contribution in [0.3, 0.4) is 0 Å². The van der Waals surface area contributed by atoms with Crippen molar-refractivity contribution in [3.63, 3.8) is 0 Å². The summed E-state index contributed by atoms with van der Waals surface area (Å²) < 4.78 is 0. The second kappa shape index (κ2) is 7.45. The van der Waals surface area contributed by atoms with Crippen molar-refractivity contribution in [1.82, 2.24) is 15.3 Å². The third kappa shape index (κ3) is 3.93. The minimum atomic E-state index is 0.436. The number of pyridine rings is 2. The third-order valence-corrected chi connectivity index (χ3v) is 2.84. The van der Waals surface area contributed by atoms with Crippen LogP contribution in [0, 0.1) is 0 Å². The lowest BCUT2D eigenvalue weighted by molar-refractivity contribution is 0.963. The zero-order chi connectivity index (χ0) is 14.2. The van der Waals surface area contributed by atoms with Crippen molar-refractivity contribution in [2.24, 2.45) is 4.99 Å². The third-order valence-electron chi connectivity index (χ3n) is 2.57. The first-order chi connectivity index (χ1) is 9.81. The normalized spacial score (nSPS) is 9.85. The second-order valence-corrected chi connectivity index (χ2v) is 4.54. The fourth-order valence-electron chi connectivity index (χ4n) is 1.70. The van der Waals surface area contributed by atoms with E-state index in [-0.39, 0.29) is 0 Å². The van der Waals surface area contributed by atoms with E-state index in [0.29, 0.717) is 6.54 Å². The summed E-state index contributed by atoms with van der Waals surface area (Å²) in [5, 5.41) is 3.09. The molecule has 0 aliphatic carbocycles. The van der Waals surface area contributed by atoms with Crippen molar-refractivity contribution in [1.29, 1.82) is 0 Å². The molecule has 0 unspecified atom stereocenters. The molecular weight excluding hydrogens is 268 g/mol. The molecule has 2 heterocycles. The molecule has 5 heteroatoms. The average Bonchev–Trinajstić information content (AvgIpc) is 2.50. The zero-order valence-electron chi connectivity index (χ0n) is 11.3. The Bertz CT molecular complexity index is 540. The highest BCUT2D eigenvalue weighted by molar-refractivity contribution is 7.80. The average molecular weight is 284 g/mol. The highest BCUT2D eigenvalue weighted by Gasteiger charge is 2.09. The maximum Gasteiger partial charge on any atom is 0.109 e. The fourth-order valence-corrected chi connectivity index (χ4v) is 1.91. The van der Waals surface area contributed by atoms with E-state index in [1.165, 1.54) is 0 Å². The predicted octanol–water partition coefficient (Wildman–Crippen LogP) is 2.25. The zero-order valence-corrected chi connectivity index (χ0v) is 12.1. The summed E-state index contributed by atoms with van der Waals surface area (Å²) in [7, 11) is 0. The standard InChI is InChI=1S/C15H16N4S/c1-2-16-14(20)11-19-15(12-7-3-5-9-17-12)13-8-4-6-10-18-13/h3-10H,2,11H2,1H3,(H,16,20). The van der Waals surface area contributed by atoms with Crippen LogP contribution in [0.25, 0.3) is 0 Å². The molecule has 102 valence electrons. The van der Waals surface area contributed by atoms with Gasteiger partial charge in [0.05, 0.1) is 22.9 Å². The number of thiocarbonyl (C=S) groups is 1. The van der Waals surface area contributed by atoms with E-state index in [1.54, 1.807) is 12.4 Å². The molecule has 2 aromatic heterocycles. The Balaban J connectivity index is 2.30. The molecule has 0 fully saturated rings. The van der Waals surface area contributed by atoms with Gasteiger partial charge in [-0.25, -0.2) is 0 Å². The fraction of sp³-hybridized carbons (Fsp3) is 0.200. The van der Waals surface area contributed by atoms with Crippen molar-refractivity contribution in [3.8, 4) is 0 Å². The van der Waals surface area contributed by atoms with Gasteiger partial charge in [-0.05, 0) is 31.2 Å². The Morgan fingerprint density at radius 3 is 2.15 bits per heavy atom. The van der Waals surface area contributed by atoms with Gasteiger partial charge in [-0.2, -0.15) is 0 Å². The van der Waals surface area contributed by atoms with E-state index in [4.69, 9.17) is 12.2 Å². The van der Waals surface area contributed by atoms with E-state index < -0.39 is 0 Å². The van der Waals surface area contributed by atoms with Crippen molar-refractivity contribution < 1.29 is 0 Å². The predicted molar refractivity (Wildman–Crippen MR) is 85.3 cm³/mol. The molecule has 0 saturated heterocycles. The van der Waals surface area contributed by atoms with Crippen molar-refractivity contribution in [3.05, 3.63) is 60.2 Å². The van der Waals surface area contributed by atoms with Crippen LogP contribution in [0.2, 0.25) is 0 Å². The first-order valence-corrected chi connectivity index (χ1v) is 6.86. The van der Waals surface area contributed by atoms with Gasteiger partial charge in [-0.15, -0.1) is 0 Å². The van der Waals surface area contributed by atoms with E-state index >= 15 is 0 Å². The highest BCUT2D eigenvalue weighted by Crippen LogP contribution is 2.06. The lowest BCUT2D eigenvalue weighted by atomic mass is 10.1. The summed E-state index contributed by atoms with van der Waals surface area (Å²) in [6, 6.07) is 11.5. The maximum atomic E-state index is 5.21. The van der Waals surface area contributed by atoms with Crippen LogP contribution in [-0.2, 0) is 0 Å². The Morgan fingerprint density at radius 2 is 1.70 bits per heavy atom. The summed E-state index contributed by atoms with van der Waals surface area (Å²) in [5.41, 5.74) is 2.35. The van der Waals surface area contributed by atoms with Crippen LogP contribution in [0.5, 0.6) is 0 Å². The van der Waals surface area contributed by atoms with Crippen LogP contribution in [0.4, 0.5) is 0 Å². The van der Waals surface area contributed by atoms with Crippen molar-refractivity contribution >= 4 is 22.9 Å². The van der Waals surface area contributed by atoms with Gasteiger partial charge in [0.1, 0.15) is 5.71 Å².